The van der Waals surface area contributed by atoms with Gasteiger partial charge in [0.2, 0.25) is 0 Å². The summed E-state index contributed by atoms with van der Waals surface area (Å²) in [5, 5.41) is 12.2. The average Bonchev–Trinajstić information content (AvgIpc) is 1.88. The summed E-state index contributed by atoms with van der Waals surface area (Å²) in [6.45, 7) is 4.56. The molecular formula is C8H15NO. The second kappa shape index (κ2) is 3.62. The van der Waals surface area contributed by atoms with E-state index >= 15 is 0 Å². The minimum Gasteiger partial charge on any atom is -0.513 e. The van der Waals surface area contributed by atoms with Crippen molar-refractivity contribution in [1.82, 2.24) is 5.32 Å². The molecule has 1 rings (SSSR count). The molecule has 10 heavy (non-hydrogen) atoms. The molecule has 1 fully saturated rings. The maximum absolute atomic E-state index is 8.87. The van der Waals surface area contributed by atoms with Crippen molar-refractivity contribution in [3.05, 3.63) is 12.3 Å². The van der Waals surface area contributed by atoms with Crippen LogP contribution in [0.1, 0.15) is 25.7 Å². The predicted molar refractivity (Wildman–Crippen MR) is 42.0 cm³/mol. The molecule has 0 spiro atoms. The van der Waals surface area contributed by atoms with Crippen LogP contribution in [0, 0.1) is 0 Å². The van der Waals surface area contributed by atoms with E-state index in [2.05, 4.69) is 11.9 Å². The monoisotopic (exact) mass is 141 g/mol. The fourth-order valence-electron chi connectivity index (χ4n) is 1.38. The molecule has 1 heterocycles. The SMILES string of the molecule is C=C(O)CC1CCCCN1. The number of hydrogen-bond acceptors (Lipinski definition) is 2. The largest absolute Gasteiger partial charge is 0.513 e. The van der Waals surface area contributed by atoms with Crippen LogP contribution in [0.5, 0.6) is 0 Å². The second-order valence-electron chi connectivity index (χ2n) is 2.92. The molecule has 0 aromatic heterocycles. The Morgan fingerprint density at radius 3 is 2.90 bits per heavy atom. The summed E-state index contributed by atoms with van der Waals surface area (Å²) in [7, 11) is 0. The molecule has 1 saturated heterocycles. The lowest BCUT2D eigenvalue weighted by molar-refractivity contribution is 0.327. The van der Waals surface area contributed by atoms with Crippen LogP contribution in [-0.4, -0.2) is 17.7 Å². The highest BCUT2D eigenvalue weighted by Crippen LogP contribution is 2.12. The Morgan fingerprint density at radius 2 is 2.40 bits per heavy atom. The second-order valence-corrected chi connectivity index (χ2v) is 2.92. The van der Waals surface area contributed by atoms with Crippen molar-refractivity contribution in [2.24, 2.45) is 0 Å². The van der Waals surface area contributed by atoms with Crippen LogP contribution in [0.4, 0.5) is 0 Å². The van der Waals surface area contributed by atoms with E-state index in [-0.39, 0.29) is 0 Å². The number of nitrogens with one attached hydrogen (secondary N) is 1. The number of hydrogen-bond donors (Lipinski definition) is 2. The summed E-state index contributed by atoms with van der Waals surface area (Å²) >= 11 is 0. The third-order valence-corrected chi connectivity index (χ3v) is 1.89. The summed E-state index contributed by atoms with van der Waals surface area (Å²) in [5.74, 6) is 0.305. The molecule has 1 aliphatic rings. The average molecular weight is 141 g/mol. The lowest BCUT2D eigenvalue weighted by atomic mass is 10.0. The third kappa shape index (κ3) is 2.40. The molecule has 58 valence electrons. The van der Waals surface area contributed by atoms with Crippen molar-refractivity contribution in [2.75, 3.05) is 6.54 Å². The van der Waals surface area contributed by atoms with Crippen LogP contribution in [0.15, 0.2) is 12.3 Å². The minimum absolute atomic E-state index is 0.305. The zero-order chi connectivity index (χ0) is 7.40. The summed E-state index contributed by atoms with van der Waals surface area (Å²) in [4.78, 5) is 0. The first kappa shape index (κ1) is 7.61. The van der Waals surface area contributed by atoms with Crippen LogP contribution in [-0.2, 0) is 0 Å². The molecule has 0 saturated carbocycles. The van der Waals surface area contributed by atoms with E-state index in [1.165, 1.54) is 19.3 Å². The van der Waals surface area contributed by atoms with Crippen LogP contribution in [0.2, 0.25) is 0 Å². The first-order valence-electron chi connectivity index (χ1n) is 3.89. The van der Waals surface area contributed by atoms with E-state index in [0.717, 1.165) is 13.0 Å². The smallest absolute Gasteiger partial charge is 0.0866 e. The highest BCUT2D eigenvalue weighted by molar-refractivity contribution is 4.87. The van der Waals surface area contributed by atoms with Gasteiger partial charge in [-0.2, -0.15) is 0 Å². The summed E-state index contributed by atoms with van der Waals surface area (Å²) in [6, 6.07) is 0.478. The summed E-state index contributed by atoms with van der Waals surface area (Å²) in [6.07, 6.45) is 4.46. The van der Waals surface area contributed by atoms with Gasteiger partial charge in [-0.05, 0) is 19.4 Å². The maximum atomic E-state index is 8.87. The number of rotatable bonds is 2. The topological polar surface area (TPSA) is 32.3 Å². The van der Waals surface area contributed by atoms with Gasteiger partial charge in [-0.1, -0.05) is 13.0 Å². The lowest BCUT2D eigenvalue weighted by Gasteiger charge is -2.22. The van der Waals surface area contributed by atoms with Gasteiger partial charge in [0, 0.05) is 12.5 Å². The van der Waals surface area contributed by atoms with Crippen LogP contribution >= 0.6 is 0 Å². The van der Waals surface area contributed by atoms with E-state index in [4.69, 9.17) is 5.11 Å². The van der Waals surface area contributed by atoms with E-state index < -0.39 is 0 Å². The minimum atomic E-state index is 0.305. The van der Waals surface area contributed by atoms with Crippen molar-refractivity contribution in [3.63, 3.8) is 0 Å². The first-order valence-corrected chi connectivity index (χ1v) is 3.89. The Labute approximate surface area is 61.9 Å². The molecule has 1 unspecified atom stereocenters. The highest BCUT2D eigenvalue weighted by Gasteiger charge is 2.12. The Kier molecular flexibility index (Phi) is 2.75. The summed E-state index contributed by atoms with van der Waals surface area (Å²) in [5.41, 5.74) is 0. The van der Waals surface area contributed by atoms with Crippen molar-refractivity contribution in [2.45, 2.75) is 31.7 Å². The van der Waals surface area contributed by atoms with Crippen molar-refractivity contribution in [3.8, 4) is 0 Å². The zero-order valence-corrected chi connectivity index (χ0v) is 6.27. The molecule has 0 aliphatic carbocycles. The van der Waals surface area contributed by atoms with Crippen molar-refractivity contribution < 1.29 is 5.11 Å². The number of aliphatic hydroxyl groups is 1. The predicted octanol–water partition coefficient (Wildman–Crippen LogP) is 1.59. The van der Waals surface area contributed by atoms with E-state index in [0.29, 0.717) is 11.8 Å². The normalized spacial score (nSPS) is 26.2. The molecule has 1 atom stereocenters. The zero-order valence-electron chi connectivity index (χ0n) is 6.27. The molecule has 2 N–H and O–H groups in total. The van der Waals surface area contributed by atoms with E-state index in [9.17, 15) is 0 Å². The van der Waals surface area contributed by atoms with Crippen LogP contribution < -0.4 is 5.32 Å². The van der Waals surface area contributed by atoms with Gasteiger partial charge in [-0.3, -0.25) is 0 Å². The van der Waals surface area contributed by atoms with Gasteiger partial charge in [0.05, 0.1) is 5.76 Å². The molecule has 0 radical (unpaired) electrons. The van der Waals surface area contributed by atoms with Gasteiger partial charge in [-0.25, -0.2) is 0 Å². The number of aliphatic hydroxyl groups excluding tert-OH is 1. The molecule has 0 amide bonds. The Balaban J connectivity index is 2.19. The Hall–Kier alpha value is -0.500. The van der Waals surface area contributed by atoms with Crippen molar-refractivity contribution >= 4 is 0 Å². The highest BCUT2D eigenvalue weighted by atomic mass is 16.3. The fourth-order valence-corrected chi connectivity index (χ4v) is 1.38. The van der Waals surface area contributed by atoms with Gasteiger partial charge in [0.1, 0.15) is 0 Å². The lowest BCUT2D eigenvalue weighted by Crippen LogP contribution is -2.34. The van der Waals surface area contributed by atoms with Gasteiger partial charge in [0.25, 0.3) is 0 Å². The standard InChI is InChI=1S/C8H15NO/c1-7(10)6-8-4-2-3-5-9-8/h8-10H,1-6H2. The fraction of sp³-hybridized carbons (Fsp3) is 0.750. The molecule has 2 heteroatoms. The molecule has 0 aromatic carbocycles. The van der Waals surface area contributed by atoms with E-state index in [1.54, 1.807) is 0 Å². The quantitative estimate of drug-likeness (QED) is 0.572. The third-order valence-electron chi connectivity index (χ3n) is 1.89. The molecular weight excluding hydrogens is 126 g/mol. The molecule has 0 aromatic rings. The van der Waals surface area contributed by atoms with Crippen LogP contribution in [0.25, 0.3) is 0 Å². The maximum Gasteiger partial charge on any atom is 0.0866 e. The number of piperidine rings is 1. The Bertz CT molecular complexity index is 116. The molecule has 1 aliphatic heterocycles. The van der Waals surface area contributed by atoms with E-state index in [1.807, 2.05) is 0 Å². The van der Waals surface area contributed by atoms with Gasteiger partial charge in [0.15, 0.2) is 0 Å². The van der Waals surface area contributed by atoms with Crippen molar-refractivity contribution in [1.29, 1.82) is 0 Å². The van der Waals surface area contributed by atoms with Crippen LogP contribution in [0.3, 0.4) is 0 Å². The van der Waals surface area contributed by atoms with Gasteiger partial charge >= 0.3 is 0 Å². The molecule has 0 bridgehead atoms. The Morgan fingerprint density at radius 1 is 1.60 bits per heavy atom. The van der Waals surface area contributed by atoms with Gasteiger partial charge < -0.3 is 10.4 Å². The first-order chi connectivity index (χ1) is 4.79. The van der Waals surface area contributed by atoms with Gasteiger partial charge in [-0.15, -0.1) is 0 Å². The summed E-state index contributed by atoms with van der Waals surface area (Å²) < 4.78 is 0. The molecule has 2 nitrogen and oxygen atoms in total.